The highest BCUT2D eigenvalue weighted by molar-refractivity contribution is 5.48. The summed E-state index contributed by atoms with van der Waals surface area (Å²) in [5.74, 6) is -1.93. The van der Waals surface area contributed by atoms with Crippen molar-refractivity contribution in [1.82, 2.24) is 19.6 Å². The maximum absolute atomic E-state index is 14.1. The molecule has 0 saturated carbocycles. The first-order valence-corrected chi connectivity index (χ1v) is 8.36. The van der Waals surface area contributed by atoms with Crippen LogP contribution >= 0.6 is 0 Å². The molecule has 0 amide bonds. The Labute approximate surface area is 164 Å². The molecule has 3 aromatic rings. The second kappa shape index (κ2) is 7.70. The Kier molecular flexibility index (Phi) is 5.58. The molecule has 0 aliphatic rings. The van der Waals surface area contributed by atoms with Crippen molar-refractivity contribution in [2.24, 2.45) is 0 Å². The van der Waals surface area contributed by atoms with E-state index in [9.17, 15) is 30.9 Å². The van der Waals surface area contributed by atoms with Gasteiger partial charge < -0.3 is 5.32 Å². The Morgan fingerprint density at radius 1 is 1.13 bits per heavy atom. The van der Waals surface area contributed by atoms with Crippen LogP contribution in [0.1, 0.15) is 43.1 Å². The summed E-state index contributed by atoms with van der Waals surface area (Å²) in [5.41, 5.74) is -4.07. The number of benzene rings is 1. The topological polar surface area (TPSA) is 64.3 Å². The fourth-order valence-corrected chi connectivity index (χ4v) is 2.84. The predicted molar refractivity (Wildman–Crippen MR) is 89.8 cm³/mol. The lowest BCUT2D eigenvalue weighted by Crippen LogP contribution is -2.36. The van der Waals surface area contributed by atoms with Gasteiger partial charge >= 0.3 is 6.18 Å². The number of rotatable bonds is 6. The number of alkyl halides is 5. The summed E-state index contributed by atoms with van der Waals surface area (Å²) < 4.78 is 93.2. The Morgan fingerprint density at radius 2 is 1.83 bits per heavy atom. The van der Waals surface area contributed by atoms with E-state index in [0.717, 1.165) is 23.0 Å². The molecule has 1 atom stereocenters. The molecule has 0 bridgehead atoms. The van der Waals surface area contributed by atoms with Gasteiger partial charge in [0.2, 0.25) is 0 Å². The van der Waals surface area contributed by atoms with Gasteiger partial charge in [-0.15, -0.1) is 0 Å². The Balaban J connectivity index is 2.10. The fourth-order valence-electron chi connectivity index (χ4n) is 2.84. The van der Waals surface area contributed by atoms with Gasteiger partial charge in [-0.3, -0.25) is 0 Å². The second-order valence-corrected chi connectivity index (χ2v) is 6.83. The summed E-state index contributed by atoms with van der Waals surface area (Å²) in [6.07, 6.45) is -6.87. The predicted octanol–water partition coefficient (Wildman–Crippen LogP) is 5.05. The van der Waals surface area contributed by atoms with Gasteiger partial charge in [0.1, 0.15) is 29.3 Å². The van der Waals surface area contributed by atoms with Crippen LogP contribution in [0.25, 0.3) is 5.78 Å². The maximum Gasteiger partial charge on any atom is 0.419 e. The highest BCUT2D eigenvalue weighted by Gasteiger charge is 2.38. The molecular formula is C17H14F7N5O. The number of hydrogen-bond donors (Lipinski definition) is 1. The van der Waals surface area contributed by atoms with E-state index in [1.165, 1.54) is 13.8 Å². The standard InChI is InChI=1S/C17H14F7N5O/c1-16(2,30-24)13(8-3-4-9(10(18)5-8)17(21,22)23)28-12-6-11(14(19)20)27-15-25-7-26-29(12)15/h3-7,13-14,28H,1-2H3. The van der Waals surface area contributed by atoms with Gasteiger partial charge in [-0.25, -0.2) is 18.2 Å². The van der Waals surface area contributed by atoms with E-state index in [-0.39, 0.29) is 17.2 Å². The lowest BCUT2D eigenvalue weighted by molar-refractivity contribution is -0.228. The molecule has 1 aromatic carbocycles. The van der Waals surface area contributed by atoms with Crippen LogP contribution in [-0.4, -0.2) is 25.2 Å². The van der Waals surface area contributed by atoms with Crippen molar-refractivity contribution in [2.45, 2.75) is 38.1 Å². The van der Waals surface area contributed by atoms with Crippen molar-refractivity contribution < 1.29 is 35.8 Å². The zero-order valence-electron chi connectivity index (χ0n) is 15.4. The van der Waals surface area contributed by atoms with Gasteiger partial charge in [0, 0.05) is 6.07 Å². The summed E-state index contributed by atoms with van der Waals surface area (Å²) in [4.78, 5) is 11.3. The van der Waals surface area contributed by atoms with Crippen molar-refractivity contribution in [1.29, 1.82) is 0 Å². The number of aromatic nitrogens is 4. The first-order chi connectivity index (χ1) is 13.9. The highest BCUT2D eigenvalue weighted by atomic mass is 19.4. The molecular weight excluding hydrogens is 423 g/mol. The Bertz CT molecular complexity index is 1050. The lowest BCUT2D eigenvalue weighted by atomic mass is 9.91. The number of halogens is 7. The molecule has 0 aliphatic carbocycles. The van der Waals surface area contributed by atoms with E-state index in [0.29, 0.717) is 12.1 Å². The maximum atomic E-state index is 14.1. The van der Waals surface area contributed by atoms with Gasteiger partial charge in [0.05, 0.1) is 11.6 Å². The first-order valence-electron chi connectivity index (χ1n) is 8.36. The molecule has 0 spiro atoms. The quantitative estimate of drug-likeness (QED) is 0.547. The Hall–Kier alpha value is -2.96. The van der Waals surface area contributed by atoms with Gasteiger partial charge in [-0.1, -0.05) is 6.07 Å². The average Bonchev–Trinajstić information content (AvgIpc) is 3.13. The molecule has 0 aliphatic heterocycles. The Morgan fingerprint density at radius 3 is 2.40 bits per heavy atom. The summed E-state index contributed by atoms with van der Waals surface area (Å²) in [7, 11) is 0. The van der Waals surface area contributed by atoms with Crippen LogP contribution in [0.3, 0.4) is 0 Å². The van der Waals surface area contributed by atoms with Crippen LogP contribution in [0.2, 0.25) is 0 Å². The molecule has 3 rings (SSSR count). The van der Waals surface area contributed by atoms with Crippen molar-refractivity contribution >= 4 is 11.6 Å². The lowest BCUT2D eigenvalue weighted by Gasteiger charge is -2.32. The van der Waals surface area contributed by atoms with E-state index < -0.39 is 41.3 Å². The van der Waals surface area contributed by atoms with Crippen LogP contribution in [0.5, 0.6) is 0 Å². The molecule has 0 saturated heterocycles. The summed E-state index contributed by atoms with van der Waals surface area (Å²) in [6.45, 7) is 2.46. The number of nitrogens with zero attached hydrogens (tertiary/aromatic N) is 4. The van der Waals surface area contributed by atoms with Crippen molar-refractivity contribution in [2.75, 3.05) is 5.32 Å². The average molecular weight is 437 g/mol. The van der Waals surface area contributed by atoms with Gasteiger partial charge in [0.25, 0.3) is 12.2 Å². The summed E-state index contributed by atoms with van der Waals surface area (Å²) in [6, 6.07) is 1.58. The van der Waals surface area contributed by atoms with Crippen molar-refractivity contribution in [3.8, 4) is 0 Å². The van der Waals surface area contributed by atoms with E-state index in [1.807, 2.05) is 0 Å². The molecule has 2 heterocycles. The highest BCUT2D eigenvalue weighted by Crippen LogP contribution is 2.37. The smallest absolute Gasteiger partial charge is 0.360 e. The monoisotopic (exact) mass is 437 g/mol. The van der Waals surface area contributed by atoms with Gasteiger partial charge in [-0.2, -0.15) is 32.7 Å². The van der Waals surface area contributed by atoms with Gasteiger partial charge in [-0.05, 0) is 36.1 Å². The molecule has 13 heteroatoms. The second-order valence-electron chi connectivity index (χ2n) is 6.83. The van der Waals surface area contributed by atoms with Gasteiger partial charge in [0.15, 0.2) is 0 Å². The normalized spacial score (nSPS) is 13.8. The molecule has 2 aromatic heterocycles. The number of anilines is 1. The molecule has 1 unspecified atom stereocenters. The molecule has 1 N–H and O–H groups in total. The fraction of sp³-hybridized carbons (Fsp3) is 0.353. The molecule has 0 fully saturated rings. The third-order valence-corrected chi connectivity index (χ3v) is 4.31. The first kappa shape index (κ1) is 21.7. The van der Waals surface area contributed by atoms with Crippen LogP contribution in [0.15, 0.2) is 30.6 Å². The van der Waals surface area contributed by atoms with E-state index in [1.54, 1.807) is 0 Å². The third kappa shape index (κ3) is 4.15. The van der Waals surface area contributed by atoms with Crippen LogP contribution in [0, 0.1) is 5.82 Å². The molecule has 0 radical (unpaired) electrons. The summed E-state index contributed by atoms with van der Waals surface area (Å²) in [5, 5.41) is 6.49. The van der Waals surface area contributed by atoms with Crippen molar-refractivity contribution in [3.05, 3.63) is 53.2 Å². The summed E-state index contributed by atoms with van der Waals surface area (Å²) >= 11 is 0. The van der Waals surface area contributed by atoms with E-state index in [4.69, 9.17) is 0 Å². The molecule has 162 valence electrons. The number of fused-ring (bicyclic) bond motifs is 1. The van der Waals surface area contributed by atoms with Crippen LogP contribution < -0.4 is 5.32 Å². The van der Waals surface area contributed by atoms with E-state index in [2.05, 4.69) is 25.3 Å². The zero-order valence-corrected chi connectivity index (χ0v) is 15.4. The van der Waals surface area contributed by atoms with Crippen LogP contribution in [-0.2, 0) is 11.1 Å². The minimum Gasteiger partial charge on any atom is -0.360 e. The minimum atomic E-state index is -4.93. The minimum absolute atomic E-state index is 0.133. The number of nitrogens with one attached hydrogen (secondary N) is 1. The largest absolute Gasteiger partial charge is 0.419 e. The van der Waals surface area contributed by atoms with Crippen LogP contribution in [0.4, 0.5) is 36.7 Å². The third-order valence-electron chi connectivity index (χ3n) is 4.31. The molecule has 6 nitrogen and oxygen atoms in total. The number of hydrogen-bond acceptors (Lipinski definition) is 5. The SMILES string of the molecule is CC(C)(OF)C(Nc1cc(C(F)F)nc2ncnn12)c1ccc(C(F)(F)F)c(F)c1. The zero-order chi connectivity index (χ0) is 22.3. The molecule has 30 heavy (non-hydrogen) atoms. The van der Waals surface area contributed by atoms with E-state index >= 15 is 0 Å². The van der Waals surface area contributed by atoms with Crippen molar-refractivity contribution in [3.63, 3.8) is 0 Å².